The van der Waals surface area contributed by atoms with Crippen LogP contribution in [0.15, 0.2) is 0 Å². The van der Waals surface area contributed by atoms with Gasteiger partial charge in [0.2, 0.25) is 0 Å². The summed E-state index contributed by atoms with van der Waals surface area (Å²) in [6, 6.07) is 0. The smallest absolute Gasteiger partial charge is 0.205 e. The fourth-order valence-electron chi connectivity index (χ4n) is 1.83. The molecule has 0 N–H and O–H groups in total. The summed E-state index contributed by atoms with van der Waals surface area (Å²) < 4.78 is 0. The van der Waals surface area contributed by atoms with E-state index >= 15 is 0 Å². The van der Waals surface area contributed by atoms with E-state index in [0.717, 1.165) is 18.3 Å². The Bertz CT molecular complexity index is 185. The molecule has 0 nitrogen and oxygen atoms in total. The molecule has 0 saturated carbocycles. The molecule has 1 heteroatoms. The molecule has 0 saturated heterocycles. The molecular weight excluding hydrogens is 195 g/mol. The summed E-state index contributed by atoms with van der Waals surface area (Å²) in [5, 5.41) is 2.80. The zero-order valence-electron chi connectivity index (χ0n) is 11.3. The molecule has 86 valence electrons. The van der Waals surface area contributed by atoms with Gasteiger partial charge in [-0.25, -0.2) is 4.78 Å². The van der Waals surface area contributed by atoms with Gasteiger partial charge in [-0.05, 0) is 6.42 Å². The zero-order valence-corrected chi connectivity index (χ0v) is 12.4. The van der Waals surface area contributed by atoms with E-state index in [1.54, 1.807) is 0 Å². The SMILES string of the molecule is CCCCC#[C][Al]([CH2]C(C)C)[CH2]C(C)C. The van der Waals surface area contributed by atoms with Gasteiger partial charge >= 0.3 is 14.1 Å². The molecule has 0 spiro atoms. The Morgan fingerprint density at radius 1 is 1.00 bits per heavy atom. The molecule has 0 fully saturated rings. The van der Waals surface area contributed by atoms with Gasteiger partial charge in [-0.3, -0.25) is 0 Å². The highest BCUT2D eigenvalue weighted by molar-refractivity contribution is 6.67. The number of hydrogen-bond donors (Lipinski definition) is 0. The minimum absolute atomic E-state index is 0.753. The van der Waals surface area contributed by atoms with Crippen LogP contribution in [-0.2, 0) is 0 Å². The van der Waals surface area contributed by atoms with Crippen molar-refractivity contribution in [2.45, 2.75) is 64.4 Å². The van der Waals surface area contributed by atoms with Crippen LogP contribution in [0, 0.1) is 22.5 Å². The van der Waals surface area contributed by atoms with E-state index in [0.29, 0.717) is 0 Å². The minimum Gasteiger partial charge on any atom is -0.205 e. The summed E-state index contributed by atoms with van der Waals surface area (Å²) in [5.74, 6) is 5.08. The van der Waals surface area contributed by atoms with Crippen LogP contribution >= 0.6 is 0 Å². The van der Waals surface area contributed by atoms with E-state index in [2.05, 4.69) is 45.3 Å². The predicted octanol–water partition coefficient (Wildman–Crippen LogP) is 4.53. The van der Waals surface area contributed by atoms with Crippen molar-refractivity contribution in [3.63, 3.8) is 0 Å². The Morgan fingerprint density at radius 2 is 1.53 bits per heavy atom. The van der Waals surface area contributed by atoms with E-state index in [4.69, 9.17) is 0 Å². The Morgan fingerprint density at radius 3 is 1.93 bits per heavy atom. The fraction of sp³-hybridized carbons (Fsp3) is 0.857. The monoisotopic (exact) mass is 222 g/mol. The van der Waals surface area contributed by atoms with Gasteiger partial charge in [0.15, 0.2) is 0 Å². The molecule has 0 amide bonds. The third kappa shape index (κ3) is 10.4. The molecule has 0 unspecified atom stereocenters. The lowest BCUT2D eigenvalue weighted by atomic mass is 10.3. The lowest BCUT2D eigenvalue weighted by Gasteiger charge is -2.10. The molecule has 0 atom stereocenters. The highest BCUT2D eigenvalue weighted by atomic mass is 27.2. The number of rotatable bonds is 6. The molecule has 0 heterocycles. The van der Waals surface area contributed by atoms with Gasteiger partial charge < -0.3 is 0 Å². The fourth-order valence-corrected chi connectivity index (χ4v) is 4.97. The lowest BCUT2D eigenvalue weighted by Crippen LogP contribution is -2.15. The summed E-state index contributed by atoms with van der Waals surface area (Å²) in [5.41, 5.74) is 0. The summed E-state index contributed by atoms with van der Waals surface area (Å²) in [7, 11) is 0. The molecule has 0 aliphatic carbocycles. The van der Waals surface area contributed by atoms with Crippen LogP contribution < -0.4 is 0 Å². The summed E-state index contributed by atoms with van der Waals surface area (Å²) in [4.78, 5) is 3.61. The quantitative estimate of drug-likeness (QED) is 0.352. The largest absolute Gasteiger partial charge is 0.376 e. The van der Waals surface area contributed by atoms with Gasteiger partial charge in [-0.15, -0.1) is 5.92 Å². The second kappa shape index (κ2) is 9.33. The van der Waals surface area contributed by atoms with Crippen LogP contribution in [0.3, 0.4) is 0 Å². The van der Waals surface area contributed by atoms with Crippen LogP contribution in [0.4, 0.5) is 0 Å². The van der Waals surface area contributed by atoms with Crippen molar-refractivity contribution in [1.82, 2.24) is 0 Å². The topological polar surface area (TPSA) is 0 Å². The Kier molecular flexibility index (Phi) is 9.39. The molecule has 0 aliphatic heterocycles. The molecule has 0 radical (unpaired) electrons. The molecule has 15 heavy (non-hydrogen) atoms. The first-order chi connectivity index (χ1) is 7.06. The number of unbranched alkanes of at least 4 members (excludes halogenated alkanes) is 2. The lowest BCUT2D eigenvalue weighted by molar-refractivity contribution is 0.695. The minimum atomic E-state index is -0.753. The van der Waals surface area contributed by atoms with Crippen LogP contribution in [0.5, 0.6) is 0 Å². The maximum absolute atomic E-state index is 3.61. The van der Waals surface area contributed by atoms with E-state index < -0.39 is 14.1 Å². The first-order valence-corrected chi connectivity index (χ1v) is 8.75. The van der Waals surface area contributed by atoms with Crippen molar-refractivity contribution >= 4 is 14.1 Å². The Labute approximate surface area is 101 Å². The molecule has 0 aromatic heterocycles. The van der Waals surface area contributed by atoms with Gasteiger partial charge in [-0.2, -0.15) is 0 Å². The second-order valence-electron chi connectivity index (χ2n) is 5.38. The van der Waals surface area contributed by atoms with Crippen molar-refractivity contribution in [2.24, 2.45) is 11.8 Å². The Hall–Kier alpha value is 0.0925. The van der Waals surface area contributed by atoms with Crippen LogP contribution in [-0.4, -0.2) is 14.1 Å². The number of hydrogen-bond acceptors (Lipinski definition) is 0. The van der Waals surface area contributed by atoms with E-state index in [1.165, 1.54) is 23.4 Å². The normalized spacial score (nSPS) is 10.3. The Balaban J connectivity index is 4.02. The summed E-state index contributed by atoms with van der Waals surface area (Å²) in [6.07, 6.45) is 3.67. The molecule has 0 aliphatic rings. The molecular formula is C14H27Al. The van der Waals surface area contributed by atoms with Gasteiger partial charge in [0.05, 0.1) is 0 Å². The first kappa shape index (κ1) is 15.1. The highest BCUT2D eigenvalue weighted by Gasteiger charge is 2.18. The second-order valence-corrected chi connectivity index (χ2v) is 8.01. The molecule has 0 aromatic rings. The first-order valence-electron chi connectivity index (χ1n) is 6.54. The van der Waals surface area contributed by atoms with E-state index in [-0.39, 0.29) is 0 Å². The standard InChI is InChI=1S/C6H9.2C4H9.Al/c1-3-5-6-4-2;2*1-4(2)3;/h3,5-6H2,1H3;2*4H,1H2,2-3H3;. The third-order valence-electron chi connectivity index (χ3n) is 2.47. The average Bonchev–Trinajstić information content (AvgIpc) is 2.10. The van der Waals surface area contributed by atoms with E-state index in [1.807, 2.05) is 0 Å². The van der Waals surface area contributed by atoms with Crippen molar-refractivity contribution in [3.8, 4) is 10.7 Å². The predicted molar refractivity (Wildman–Crippen MR) is 72.3 cm³/mol. The van der Waals surface area contributed by atoms with Crippen molar-refractivity contribution in [3.05, 3.63) is 0 Å². The maximum atomic E-state index is 3.61. The summed E-state index contributed by atoms with van der Waals surface area (Å²) in [6.45, 7) is 11.5. The average molecular weight is 222 g/mol. The molecule has 0 bridgehead atoms. The summed E-state index contributed by atoms with van der Waals surface area (Å²) >= 11 is -0.753. The van der Waals surface area contributed by atoms with E-state index in [9.17, 15) is 0 Å². The van der Waals surface area contributed by atoms with Crippen LogP contribution in [0.25, 0.3) is 0 Å². The zero-order chi connectivity index (χ0) is 11.7. The van der Waals surface area contributed by atoms with Crippen molar-refractivity contribution in [1.29, 1.82) is 0 Å². The van der Waals surface area contributed by atoms with Gasteiger partial charge in [0, 0.05) is 6.42 Å². The maximum Gasteiger partial charge on any atom is 0.376 e. The van der Waals surface area contributed by atoms with Crippen LogP contribution in [0.1, 0.15) is 53.9 Å². The van der Waals surface area contributed by atoms with Gasteiger partial charge in [-0.1, -0.05) is 63.4 Å². The molecule has 0 aromatic carbocycles. The van der Waals surface area contributed by atoms with Gasteiger partial charge in [0.25, 0.3) is 0 Å². The van der Waals surface area contributed by atoms with Crippen LogP contribution in [0.2, 0.25) is 10.6 Å². The molecule has 0 rings (SSSR count). The van der Waals surface area contributed by atoms with Crippen molar-refractivity contribution in [2.75, 3.05) is 0 Å². The van der Waals surface area contributed by atoms with Gasteiger partial charge in [0.1, 0.15) is 0 Å². The van der Waals surface area contributed by atoms with Crippen molar-refractivity contribution < 1.29 is 0 Å². The highest BCUT2D eigenvalue weighted by Crippen LogP contribution is 2.13. The third-order valence-corrected chi connectivity index (χ3v) is 6.11.